The molecule has 1 fully saturated rings. The number of aromatic nitrogens is 2. The number of carbonyl (C=O) groups excluding carboxylic acids is 2. The summed E-state index contributed by atoms with van der Waals surface area (Å²) < 4.78 is 34.6. The number of cyclic esters (lactones) is 1. The van der Waals surface area contributed by atoms with Crippen LogP contribution in [0.15, 0.2) is 30.6 Å². The highest BCUT2D eigenvalue weighted by molar-refractivity contribution is 6.32. The summed E-state index contributed by atoms with van der Waals surface area (Å²) in [6.45, 7) is -2.65. The molecule has 1 saturated heterocycles. The predicted molar refractivity (Wildman–Crippen MR) is 98.5 cm³/mol. The SMILES string of the molecule is CNC(=O)CC1CN(Cc2cncc(-c3ccc(Cl)c(OC(F)F)c3)n2)C(=O)O1. The van der Waals surface area contributed by atoms with Gasteiger partial charge in [0.2, 0.25) is 5.91 Å². The van der Waals surface area contributed by atoms with Crippen LogP contribution in [0.3, 0.4) is 0 Å². The Hall–Kier alpha value is -3.01. The van der Waals surface area contributed by atoms with Crippen LogP contribution in [0.2, 0.25) is 5.02 Å². The Morgan fingerprint density at radius 3 is 2.97 bits per heavy atom. The molecular formula is C18H17ClF2N4O4. The van der Waals surface area contributed by atoms with Gasteiger partial charge in [0.15, 0.2) is 0 Å². The summed E-state index contributed by atoms with van der Waals surface area (Å²) in [5, 5.41) is 2.52. The van der Waals surface area contributed by atoms with Crippen LogP contribution >= 0.6 is 11.6 Å². The fraction of sp³-hybridized carbons (Fsp3) is 0.333. The summed E-state index contributed by atoms with van der Waals surface area (Å²) in [4.78, 5) is 33.4. The predicted octanol–water partition coefficient (Wildman–Crippen LogP) is 2.86. The molecule has 0 radical (unpaired) electrons. The maximum Gasteiger partial charge on any atom is 0.410 e. The number of nitrogens with zero attached hydrogens (tertiary/aromatic N) is 3. The Morgan fingerprint density at radius 2 is 2.24 bits per heavy atom. The Kier molecular flexibility index (Phi) is 6.42. The van der Waals surface area contributed by atoms with Gasteiger partial charge in [0.25, 0.3) is 0 Å². The van der Waals surface area contributed by atoms with Crippen molar-refractivity contribution in [2.24, 2.45) is 0 Å². The van der Waals surface area contributed by atoms with Gasteiger partial charge in [0, 0.05) is 12.6 Å². The van der Waals surface area contributed by atoms with Gasteiger partial charge < -0.3 is 14.8 Å². The van der Waals surface area contributed by atoms with Crippen LogP contribution in [-0.2, 0) is 16.1 Å². The first-order valence-corrected chi connectivity index (χ1v) is 8.95. The number of ether oxygens (including phenoxy) is 2. The molecule has 1 aliphatic rings. The van der Waals surface area contributed by atoms with E-state index in [1.54, 1.807) is 6.07 Å². The summed E-state index contributed by atoms with van der Waals surface area (Å²) >= 11 is 5.87. The van der Waals surface area contributed by atoms with E-state index < -0.39 is 18.8 Å². The number of rotatable bonds is 7. The third-order valence-electron chi connectivity index (χ3n) is 4.12. The summed E-state index contributed by atoms with van der Waals surface area (Å²) in [6, 6.07) is 4.36. The molecule has 1 aromatic heterocycles. The normalized spacial score (nSPS) is 16.1. The highest BCUT2D eigenvalue weighted by Gasteiger charge is 2.32. The van der Waals surface area contributed by atoms with Gasteiger partial charge in [0.05, 0.1) is 48.3 Å². The van der Waals surface area contributed by atoms with Crippen LogP contribution in [0, 0.1) is 0 Å². The Morgan fingerprint density at radius 1 is 1.45 bits per heavy atom. The Bertz CT molecular complexity index is 915. The first kappa shape index (κ1) is 20.7. The fourth-order valence-electron chi connectivity index (χ4n) is 2.79. The van der Waals surface area contributed by atoms with E-state index in [1.165, 1.54) is 36.5 Å². The van der Waals surface area contributed by atoms with Crippen LogP contribution in [0.25, 0.3) is 11.3 Å². The third-order valence-corrected chi connectivity index (χ3v) is 4.43. The number of amides is 2. The van der Waals surface area contributed by atoms with E-state index >= 15 is 0 Å². The molecule has 8 nitrogen and oxygen atoms in total. The molecule has 1 atom stereocenters. The zero-order chi connectivity index (χ0) is 21.0. The van der Waals surface area contributed by atoms with Crippen LogP contribution < -0.4 is 10.1 Å². The molecule has 2 amide bonds. The number of nitrogens with one attached hydrogen (secondary N) is 1. The van der Waals surface area contributed by atoms with Crippen molar-refractivity contribution in [3.63, 3.8) is 0 Å². The van der Waals surface area contributed by atoms with Gasteiger partial charge in [-0.3, -0.25) is 14.7 Å². The largest absolute Gasteiger partial charge is 0.444 e. The lowest BCUT2D eigenvalue weighted by atomic mass is 10.1. The van der Waals surface area contributed by atoms with Crippen molar-refractivity contribution in [2.75, 3.05) is 13.6 Å². The van der Waals surface area contributed by atoms with E-state index in [1.807, 2.05) is 0 Å². The Labute approximate surface area is 169 Å². The van der Waals surface area contributed by atoms with E-state index in [9.17, 15) is 18.4 Å². The molecule has 1 N–H and O–H groups in total. The third kappa shape index (κ3) is 5.29. The smallest absolute Gasteiger partial charge is 0.410 e. The number of hydrogen-bond donors (Lipinski definition) is 1. The summed E-state index contributed by atoms with van der Waals surface area (Å²) in [6.07, 6.45) is 1.92. The number of alkyl halides is 2. The molecule has 1 unspecified atom stereocenters. The van der Waals surface area contributed by atoms with Crippen molar-refractivity contribution in [2.45, 2.75) is 25.7 Å². The number of halogens is 3. The van der Waals surface area contributed by atoms with Gasteiger partial charge in [-0.2, -0.15) is 8.78 Å². The molecule has 0 spiro atoms. The van der Waals surface area contributed by atoms with E-state index in [-0.39, 0.29) is 36.2 Å². The number of benzene rings is 1. The van der Waals surface area contributed by atoms with Crippen LogP contribution in [0.5, 0.6) is 5.75 Å². The fourth-order valence-corrected chi connectivity index (χ4v) is 2.95. The number of carbonyl (C=O) groups is 2. The zero-order valence-electron chi connectivity index (χ0n) is 15.3. The lowest BCUT2D eigenvalue weighted by Crippen LogP contribution is -2.28. The lowest BCUT2D eigenvalue weighted by molar-refractivity contribution is -0.122. The molecule has 154 valence electrons. The maximum absolute atomic E-state index is 12.5. The second-order valence-electron chi connectivity index (χ2n) is 6.18. The summed E-state index contributed by atoms with van der Waals surface area (Å²) in [7, 11) is 1.51. The molecule has 29 heavy (non-hydrogen) atoms. The zero-order valence-corrected chi connectivity index (χ0v) is 16.0. The van der Waals surface area contributed by atoms with Crippen molar-refractivity contribution in [3.8, 4) is 17.0 Å². The van der Waals surface area contributed by atoms with Gasteiger partial charge in [-0.15, -0.1) is 0 Å². The molecule has 3 rings (SSSR count). The van der Waals surface area contributed by atoms with Crippen LogP contribution in [0.1, 0.15) is 12.1 Å². The second-order valence-corrected chi connectivity index (χ2v) is 6.59. The molecule has 0 saturated carbocycles. The molecule has 1 aromatic carbocycles. The van der Waals surface area contributed by atoms with Gasteiger partial charge in [0.1, 0.15) is 11.9 Å². The lowest BCUT2D eigenvalue weighted by Gasteiger charge is -2.13. The standard InChI is InChI=1S/C18H17ClF2N4O4/c1-22-16(26)5-12-9-25(18(27)28-12)8-11-6-23-7-14(24-11)10-2-3-13(19)15(4-10)29-17(20)21/h2-4,6-7,12,17H,5,8-9H2,1H3,(H,22,26). The topological polar surface area (TPSA) is 93.7 Å². The maximum atomic E-state index is 12.5. The van der Waals surface area contributed by atoms with Crippen LogP contribution in [-0.4, -0.2) is 53.2 Å². The van der Waals surface area contributed by atoms with Crippen LogP contribution in [0.4, 0.5) is 13.6 Å². The molecule has 0 aliphatic carbocycles. The summed E-state index contributed by atoms with van der Waals surface area (Å²) in [5.41, 5.74) is 1.33. The van der Waals surface area contributed by atoms with E-state index in [2.05, 4.69) is 20.0 Å². The second kappa shape index (κ2) is 8.99. The van der Waals surface area contributed by atoms with Gasteiger partial charge >= 0.3 is 12.7 Å². The molecule has 2 aromatic rings. The average molecular weight is 427 g/mol. The molecule has 0 bridgehead atoms. The molecule has 2 heterocycles. The minimum absolute atomic E-state index is 0.0418. The van der Waals surface area contributed by atoms with E-state index in [4.69, 9.17) is 16.3 Å². The average Bonchev–Trinajstić information content (AvgIpc) is 3.02. The highest BCUT2D eigenvalue weighted by atomic mass is 35.5. The van der Waals surface area contributed by atoms with Gasteiger partial charge in [-0.05, 0) is 12.1 Å². The highest BCUT2D eigenvalue weighted by Crippen LogP contribution is 2.31. The molecular weight excluding hydrogens is 410 g/mol. The van der Waals surface area contributed by atoms with Crippen molar-refractivity contribution < 1.29 is 27.8 Å². The molecule has 11 heteroatoms. The van der Waals surface area contributed by atoms with Crippen molar-refractivity contribution in [1.82, 2.24) is 20.2 Å². The first-order valence-electron chi connectivity index (χ1n) is 8.57. The molecule has 1 aliphatic heterocycles. The van der Waals surface area contributed by atoms with E-state index in [0.717, 1.165) is 0 Å². The minimum atomic E-state index is -3.01. The van der Waals surface area contributed by atoms with Gasteiger partial charge in [-0.25, -0.2) is 9.78 Å². The van der Waals surface area contributed by atoms with Crippen molar-refractivity contribution in [3.05, 3.63) is 41.3 Å². The van der Waals surface area contributed by atoms with Crippen molar-refractivity contribution >= 4 is 23.6 Å². The van der Waals surface area contributed by atoms with Crippen molar-refractivity contribution in [1.29, 1.82) is 0 Å². The quantitative estimate of drug-likeness (QED) is 0.731. The van der Waals surface area contributed by atoms with Gasteiger partial charge in [-0.1, -0.05) is 17.7 Å². The Balaban J connectivity index is 1.73. The number of hydrogen-bond acceptors (Lipinski definition) is 6. The minimum Gasteiger partial charge on any atom is -0.444 e. The first-order chi connectivity index (χ1) is 13.9. The summed E-state index contributed by atoms with van der Waals surface area (Å²) in [5.74, 6) is -0.400. The van der Waals surface area contributed by atoms with E-state index in [0.29, 0.717) is 17.0 Å². The monoisotopic (exact) mass is 426 g/mol.